The van der Waals surface area contributed by atoms with Crippen LogP contribution >= 0.6 is 0 Å². The number of rotatable bonds is 14. The number of allylic oxidation sites excluding steroid dienone is 1. The fourth-order valence-electron chi connectivity index (χ4n) is 5.31. The lowest BCUT2D eigenvalue weighted by Crippen LogP contribution is -2.31. The van der Waals surface area contributed by atoms with E-state index in [4.69, 9.17) is 0 Å². The van der Waals surface area contributed by atoms with Gasteiger partial charge in [0.05, 0.1) is 23.8 Å². The lowest BCUT2D eigenvalue weighted by Gasteiger charge is -2.19. The minimum absolute atomic E-state index is 0.0469. The standard InChI is InChI=1S/C38H42N8O4/c1-43(2)19-5-6-34(47)16-18-36(48)42-31-14-7-27(8-15-31)26-45-20-21-46(38(45)50)33-22-32(24-39-25-33)41-35-17-13-30(23-40-35)28-9-11-29(12-10-28)37(49)44(3)4/h5-15,17,22-25H,16,18-21,26H2,1-4H3,(H,40,41)(H,42,48)/b6-5+. The number of likely N-dealkylation sites (N-methyl/N-ethyl adjacent to an activating group) is 1. The van der Waals surface area contributed by atoms with E-state index in [1.807, 2.05) is 61.5 Å². The monoisotopic (exact) mass is 674 g/mol. The molecule has 12 nitrogen and oxygen atoms in total. The molecule has 12 heteroatoms. The zero-order chi connectivity index (χ0) is 35.6. The molecule has 1 fully saturated rings. The minimum Gasteiger partial charge on any atom is -0.345 e. The second-order valence-corrected chi connectivity index (χ2v) is 12.5. The molecular formula is C38H42N8O4. The average Bonchev–Trinajstić information content (AvgIpc) is 3.47. The lowest BCUT2D eigenvalue weighted by atomic mass is 10.1. The molecule has 2 aromatic heterocycles. The molecule has 0 spiro atoms. The van der Waals surface area contributed by atoms with Gasteiger partial charge in [-0.15, -0.1) is 0 Å². The van der Waals surface area contributed by atoms with Crippen molar-refractivity contribution >= 4 is 46.5 Å². The summed E-state index contributed by atoms with van der Waals surface area (Å²) < 4.78 is 0. The van der Waals surface area contributed by atoms with E-state index in [0.717, 1.165) is 16.7 Å². The van der Waals surface area contributed by atoms with Crippen molar-refractivity contribution in [2.75, 3.05) is 63.4 Å². The zero-order valence-electron chi connectivity index (χ0n) is 28.8. The Balaban J connectivity index is 1.11. The first-order valence-electron chi connectivity index (χ1n) is 16.4. The molecule has 258 valence electrons. The highest BCUT2D eigenvalue weighted by molar-refractivity contribution is 5.97. The van der Waals surface area contributed by atoms with Crippen LogP contribution in [-0.2, 0) is 16.1 Å². The van der Waals surface area contributed by atoms with Crippen molar-refractivity contribution in [1.82, 2.24) is 24.7 Å². The van der Waals surface area contributed by atoms with Gasteiger partial charge in [0.1, 0.15) is 5.82 Å². The first kappa shape index (κ1) is 35.4. The molecule has 0 atom stereocenters. The summed E-state index contributed by atoms with van der Waals surface area (Å²) in [5.74, 6) is 0.274. The number of urea groups is 1. The second-order valence-electron chi connectivity index (χ2n) is 12.5. The van der Waals surface area contributed by atoms with Crippen LogP contribution in [0.4, 0.5) is 27.7 Å². The molecule has 4 amide bonds. The van der Waals surface area contributed by atoms with Crippen molar-refractivity contribution in [3.63, 3.8) is 0 Å². The number of carbonyl (C=O) groups is 4. The number of benzene rings is 2. The molecule has 50 heavy (non-hydrogen) atoms. The maximum atomic E-state index is 13.4. The highest BCUT2D eigenvalue weighted by Gasteiger charge is 2.30. The molecule has 0 aliphatic carbocycles. The summed E-state index contributed by atoms with van der Waals surface area (Å²) in [6.07, 6.45) is 8.67. The number of hydrogen-bond donors (Lipinski definition) is 2. The molecule has 2 N–H and O–H groups in total. The van der Waals surface area contributed by atoms with Crippen LogP contribution in [0.3, 0.4) is 0 Å². The summed E-state index contributed by atoms with van der Waals surface area (Å²) in [7, 11) is 7.29. The molecule has 4 aromatic rings. The number of nitrogens with zero attached hydrogens (tertiary/aromatic N) is 6. The first-order valence-corrected chi connectivity index (χ1v) is 16.4. The number of pyridine rings is 2. The van der Waals surface area contributed by atoms with Crippen LogP contribution in [0, 0.1) is 0 Å². The van der Waals surface area contributed by atoms with Crippen molar-refractivity contribution in [3.05, 3.63) is 109 Å². The SMILES string of the molecule is CN(C)C/C=C/C(=O)CCC(=O)Nc1ccc(CN2CCN(c3cncc(Nc4ccc(-c5ccc(C(=O)N(C)C)cc5)cn4)c3)C2=O)cc1. The molecule has 0 saturated carbocycles. The van der Waals surface area contributed by atoms with E-state index in [1.54, 1.807) is 77.7 Å². The van der Waals surface area contributed by atoms with Gasteiger partial charge in [-0.05, 0) is 73.8 Å². The molecule has 0 unspecified atom stereocenters. The van der Waals surface area contributed by atoms with Gasteiger partial charge in [-0.25, -0.2) is 9.78 Å². The largest absolute Gasteiger partial charge is 0.345 e. The van der Waals surface area contributed by atoms with Gasteiger partial charge in [0, 0.05) is 76.1 Å². The van der Waals surface area contributed by atoms with E-state index in [1.165, 1.54) is 6.08 Å². The predicted molar refractivity (Wildman–Crippen MR) is 195 cm³/mol. The fourth-order valence-corrected chi connectivity index (χ4v) is 5.31. The van der Waals surface area contributed by atoms with Gasteiger partial charge in [0.15, 0.2) is 5.78 Å². The minimum atomic E-state index is -0.225. The van der Waals surface area contributed by atoms with Gasteiger partial charge >= 0.3 is 6.03 Å². The van der Waals surface area contributed by atoms with Crippen LogP contribution in [0.25, 0.3) is 11.1 Å². The molecule has 2 aromatic carbocycles. The molecule has 1 aliphatic heterocycles. The van der Waals surface area contributed by atoms with Crippen LogP contribution in [0.2, 0.25) is 0 Å². The first-order chi connectivity index (χ1) is 24.0. The van der Waals surface area contributed by atoms with E-state index in [9.17, 15) is 19.2 Å². The fraction of sp³-hybridized carbons (Fsp3) is 0.263. The second kappa shape index (κ2) is 16.5. The quantitative estimate of drug-likeness (QED) is 0.169. The van der Waals surface area contributed by atoms with Gasteiger partial charge < -0.3 is 25.3 Å². The number of nitrogens with one attached hydrogen (secondary N) is 2. The van der Waals surface area contributed by atoms with Gasteiger partial charge in [-0.1, -0.05) is 30.3 Å². The van der Waals surface area contributed by atoms with Gasteiger partial charge in [-0.3, -0.25) is 24.3 Å². The Labute approximate surface area is 292 Å². The Bertz CT molecular complexity index is 1840. The highest BCUT2D eigenvalue weighted by Crippen LogP contribution is 2.26. The number of ketones is 1. The Kier molecular flexibility index (Phi) is 11.7. The molecular weight excluding hydrogens is 632 g/mol. The van der Waals surface area contributed by atoms with Crippen LogP contribution in [0.15, 0.2) is 97.5 Å². The van der Waals surface area contributed by atoms with Crippen LogP contribution < -0.4 is 15.5 Å². The molecule has 1 aliphatic rings. The van der Waals surface area contributed by atoms with E-state index in [0.29, 0.717) is 54.6 Å². The van der Waals surface area contributed by atoms with Crippen molar-refractivity contribution in [2.24, 2.45) is 0 Å². The van der Waals surface area contributed by atoms with Crippen molar-refractivity contribution in [1.29, 1.82) is 0 Å². The Morgan fingerprint density at radius 3 is 2.26 bits per heavy atom. The van der Waals surface area contributed by atoms with Crippen molar-refractivity contribution in [3.8, 4) is 11.1 Å². The van der Waals surface area contributed by atoms with Gasteiger partial charge in [-0.2, -0.15) is 0 Å². The Hall–Kier alpha value is -5.88. The van der Waals surface area contributed by atoms with E-state index in [-0.39, 0.29) is 36.5 Å². The van der Waals surface area contributed by atoms with Crippen molar-refractivity contribution in [2.45, 2.75) is 19.4 Å². The van der Waals surface area contributed by atoms with Gasteiger partial charge in [0.2, 0.25) is 5.91 Å². The summed E-state index contributed by atoms with van der Waals surface area (Å²) in [6, 6.07) is 20.4. The zero-order valence-corrected chi connectivity index (χ0v) is 28.8. The molecule has 0 radical (unpaired) electrons. The normalized spacial score (nSPS) is 12.9. The highest BCUT2D eigenvalue weighted by atomic mass is 16.2. The number of hydrogen-bond acceptors (Lipinski definition) is 8. The molecule has 0 bridgehead atoms. The Morgan fingerprint density at radius 2 is 1.58 bits per heavy atom. The van der Waals surface area contributed by atoms with Crippen LogP contribution in [-0.4, -0.2) is 96.1 Å². The summed E-state index contributed by atoms with van der Waals surface area (Å²) in [6.45, 7) is 2.17. The Morgan fingerprint density at radius 1 is 0.840 bits per heavy atom. The van der Waals surface area contributed by atoms with Crippen LogP contribution in [0.5, 0.6) is 0 Å². The van der Waals surface area contributed by atoms with E-state index < -0.39 is 0 Å². The number of aromatic nitrogens is 2. The third-order valence-electron chi connectivity index (χ3n) is 8.02. The third-order valence-corrected chi connectivity index (χ3v) is 8.02. The van der Waals surface area contributed by atoms with Gasteiger partial charge in [0.25, 0.3) is 5.91 Å². The van der Waals surface area contributed by atoms with E-state index >= 15 is 0 Å². The predicted octanol–water partition coefficient (Wildman–Crippen LogP) is 5.44. The number of anilines is 4. The summed E-state index contributed by atoms with van der Waals surface area (Å²) in [5, 5.41) is 6.10. The third kappa shape index (κ3) is 9.60. The smallest absolute Gasteiger partial charge is 0.324 e. The molecule has 5 rings (SSSR count). The maximum Gasteiger partial charge on any atom is 0.324 e. The summed E-state index contributed by atoms with van der Waals surface area (Å²) in [4.78, 5) is 65.7. The summed E-state index contributed by atoms with van der Waals surface area (Å²) in [5.41, 5.74) is 5.43. The average molecular weight is 675 g/mol. The van der Waals surface area contributed by atoms with Crippen LogP contribution in [0.1, 0.15) is 28.8 Å². The number of carbonyl (C=O) groups excluding carboxylic acids is 4. The van der Waals surface area contributed by atoms with E-state index in [2.05, 4.69) is 20.6 Å². The number of amides is 4. The molecule has 1 saturated heterocycles. The maximum absolute atomic E-state index is 13.4. The lowest BCUT2D eigenvalue weighted by molar-refractivity contribution is -0.120. The topological polar surface area (TPSA) is 131 Å². The summed E-state index contributed by atoms with van der Waals surface area (Å²) >= 11 is 0. The molecule has 3 heterocycles. The van der Waals surface area contributed by atoms with Crippen molar-refractivity contribution < 1.29 is 19.2 Å².